The average molecular weight is 382 g/mol. The smallest absolute Gasteiger partial charge is 0.340 e. The largest absolute Gasteiger partial charge is 0.479 e. The Kier molecular flexibility index (Phi) is 6.67. The number of carbonyl (C=O) groups is 2. The van der Waals surface area contributed by atoms with E-state index in [0.717, 1.165) is 0 Å². The molecule has 132 valence electrons. The van der Waals surface area contributed by atoms with Crippen LogP contribution in [0.1, 0.15) is 24.2 Å². The van der Waals surface area contributed by atoms with Gasteiger partial charge < -0.3 is 14.8 Å². The van der Waals surface area contributed by atoms with Crippen LogP contribution in [0.3, 0.4) is 0 Å². The molecular formula is C18H17Cl2NO4. The zero-order valence-electron chi connectivity index (χ0n) is 13.7. The van der Waals surface area contributed by atoms with Crippen LogP contribution >= 0.6 is 23.2 Å². The van der Waals surface area contributed by atoms with Crippen LogP contribution in [0.2, 0.25) is 10.0 Å². The van der Waals surface area contributed by atoms with E-state index in [0.29, 0.717) is 21.5 Å². The van der Waals surface area contributed by atoms with Crippen LogP contribution in [0.25, 0.3) is 0 Å². The molecule has 0 aliphatic rings. The number of ether oxygens (including phenoxy) is 2. The van der Waals surface area contributed by atoms with E-state index in [9.17, 15) is 9.59 Å². The van der Waals surface area contributed by atoms with E-state index in [2.05, 4.69) is 5.32 Å². The Balaban J connectivity index is 2.10. The number of hydrogen-bond acceptors (Lipinski definition) is 4. The number of anilines is 1. The number of hydrogen-bond donors (Lipinski definition) is 1. The monoisotopic (exact) mass is 381 g/mol. The molecule has 0 aliphatic heterocycles. The molecule has 1 N–H and O–H groups in total. The first-order valence-corrected chi connectivity index (χ1v) is 8.36. The minimum atomic E-state index is -0.839. The molecule has 1 atom stereocenters. The molecule has 0 heterocycles. The van der Waals surface area contributed by atoms with Crippen molar-refractivity contribution >= 4 is 40.8 Å². The highest BCUT2D eigenvalue weighted by Gasteiger charge is 2.19. The topological polar surface area (TPSA) is 64.6 Å². The Morgan fingerprint density at radius 3 is 2.56 bits per heavy atom. The maximum atomic E-state index is 12.4. The Hall–Kier alpha value is -2.24. The summed E-state index contributed by atoms with van der Waals surface area (Å²) in [5.41, 5.74) is 0.623. The van der Waals surface area contributed by atoms with E-state index in [1.54, 1.807) is 50.2 Å². The van der Waals surface area contributed by atoms with Crippen molar-refractivity contribution in [1.29, 1.82) is 0 Å². The highest BCUT2D eigenvalue weighted by Crippen LogP contribution is 2.28. The molecule has 2 rings (SSSR count). The number of para-hydroxylation sites is 1. The number of nitrogens with one attached hydrogen (secondary N) is 1. The predicted octanol–water partition coefficient (Wildman–Crippen LogP) is 4.58. The predicted molar refractivity (Wildman–Crippen MR) is 97.6 cm³/mol. The number of carbonyl (C=O) groups excluding carboxylic acids is 2. The highest BCUT2D eigenvalue weighted by atomic mass is 35.5. The maximum absolute atomic E-state index is 12.4. The van der Waals surface area contributed by atoms with Crippen LogP contribution in [-0.4, -0.2) is 24.6 Å². The van der Waals surface area contributed by atoms with Crippen molar-refractivity contribution in [2.75, 3.05) is 11.9 Å². The van der Waals surface area contributed by atoms with E-state index >= 15 is 0 Å². The third-order valence-corrected chi connectivity index (χ3v) is 3.78. The number of amides is 1. The molecule has 2 aromatic rings. The lowest BCUT2D eigenvalue weighted by Gasteiger charge is -2.17. The second-order valence-electron chi connectivity index (χ2n) is 5.09. The van der Waals surface area contributed by atoms with E-state index in [1.165, 1.54) is 6.07 Å². The molecule has 1 amide bonds. The minimum absolute atomic E-state index is 0.246. The fourth-order valence-electron chi connectivity index (χ4n) is 2.03. The molecule has 5 nitrogen and oxygen atoms in total. The first-order valence-electron chi connectivity index (χ1n) is 7.61. The lowest BCUT2D eigenvalue weighted by Crippen LogP contribution is -2.30. The van der Waals surface area contributed by atoms with E-state index < -0.39 is 18.0 Å². The Morgan fingerprint density at radius 1 is 1.16 bits per heavy atom. The molecule has 0 saturated heterocycles. The van der Waals surface area contributed by atoms with Crippen LogP contribution < -0.4 is 10.1 Å². The van der Waals surface area contributed by atoms with Gasteiger partial charge in [0.1, 0.15) is 5.75 Å². The van der Waals surface area contributed by atoms with Crippen molar-refractivity contribution in [1.82, 2.24) is 0 Å². The van der Waals surface area contributed by atoms with Gasteiger partial charge in [-0.25, -0.2) is 4.79 Å². The molecule has 0 aromatic heterocycles. The van der Waals surface area contributed by atoms with Crippen LogP contribution in [0.5, 0.6) is 5.75 Å². The molecule has 0 saturated carbocycles. The Morgan fingerprint density at radius 2 is 1.88 bits per heavy atom. The van der Waals surface area contributed by atoms with Gasteiger partial charge in [0.05, 0.1) is 22.9 Å². The molecule has 7 heteroatoms. The fourth-order valence-corrected chi connectivity index (χ4v) is 2.48. The Labute approximate surface area is 155 Å². The van der Waals surface area contributed by atoms with Gasteiger partial charge in [-0.15, -0.1) is 0 Å². The highest BCUT2D eigenvalue weighted by molar-refractivity contribution is 6.35. The summed E-state index contributed by atoms with van der Waals surface area (Å²) in [5, 5.41) is 3.44. The number of rotatable bonds is 6. The summed E-state index contributed by atoms with van der Waals surface area (Å²) in [6, 6.07) is 11.3. The summed E-state index contributed by atoms with van der Waals surface area (Å²) in [4.78, 5) is 24.3. The van der Waals surface area contributed by atoms with Crippen LogP contribution in [-0.2, 0) is 9.53 Å². The third-order valence-electron chi connectivity index (χ3n) is 3.25. The van der Waals surface area contributed by atoms with Crippen LogP contribution in [0.15, 0.2) is 42.5 Å². The van der Waals surface area contributed by atoms with Gasteiger partial charge in [0.2, 0.25) is 0 Å². The van der Waals surface area contributed by atoms with Crippen molar-refractivity contribution < 1.29 is 19.1 Å². The zero-order valence-corrected chi connectivity index (χ0v) is 15.2. The molecule has 2 aromatic carbocycles. The van der Waals surface area contributed by atoms with Gasteiger partial charge in [-0.2, -0.15) is 0 Å². The van der Waals surface area contributed by atoms with Crippen molar-refractivity contribution in [3.8, 4) is 5.75 Å². The average Bonchev–Trinajstić information content (AvgIpc) is 2.58. The molecule has 0 fully saturated rings. The van der Waals surface area contributed by atoms with Gasteiger partial charge in [-0.3, -0.25) is 4.79 Å². The van der Waals surface area contributed by atoms with Crippen molar-refractivity contribution in [2.45, 2.75) is 20.0 Å². The van der Waals surface area contributed by atoms with Crippen LogP contribution in [0, 0.1) is 0 Å². The SMILES string of the molecule is CCOC(=O)c1ccccc1NC(=O)[C@@H](C)Oc1ccc(Cl)cc1Cl. The molecule has 25 heavy (non-hydrogen) atoms. The standard InChI is InChI=1S/C18H17Cl2NO4/c1-3-24-18(23)13-6-4-5-7-15(13)21-17(22)11(2)25-16-9-8-12(19)10-14(16)20/h4-11H,3H2,1-2H3,(H,21,22)/t11-/m1/s1. The van der Waals surface area contributed by atoms with Crippen LogP contribution in [0.4, 0.5) is 5.69 Å². The number of esters is 1. The van der Waals surface area contributed by atoms with Gasteiger partial charge in [-0.05, 0) is 44.2 Å². The number of halogens is 2. The molecule has 0 bridgehead atoms. The third kappa shape index (κ3) is 5.11. The van der Waals surface area contributed by atoms with Crippen molar-refractivity contribution in [3.63, 3.8) is 0 Å². The summed E-state index contributed by atoms with van der Waals surface area (Å²) in [6.45, 7) is 3.54. The minimum Gasteiger partial charge on any atom is -0.479 e. The van der Waals surface area contributed by atoms with Gasteiger partial charge in [0, 0.05) is 5.02 Å². The molecule has 0 radical (unpaired) electrons. The normalized spacial score (nSPS) is 11.5. The second-order valence-corrected chi connectivity index (χ2v) is 5.93. The van der Waals surface area contributed by atoms with Crippen molar-refractivity contribution in [3.05, 3.63) is 58.1 Å². The zero-order chi connectivity index (χ0) is 18.4. The second kappa shape index (κ2) is 8.74. The fraction of sp³-hybridized carbons (Fsp3) is 0.222. The Bertz CT molecular complexity index is 779. The first-order chi connectivity index (χ1) is 11.9. The van der Waals surface area contributed by atoms with E-state index in [-0.39, 0.29) is 12.2 Å². The summed E-state index contributed by atoms with van der Waals surface area (Å²) in [7, 11) is 0. The molecule has 0 unspecified atom stereocenters. The summed E-state index contributed by atoms with van der Waals surface area (Å²) >= 11 is 11.9. The first kappa shape index (κ1) is 19.1. The summed E-state index contributed by atoms with van der Waals surface area (Å²) in [5.74, 6) is -0.595. The lowest BCUT2D eigenvalue weighted by atomic mass is 10.1. The van der Waals surface area contributed by atoms with Gasteiger partial charge in [0.15, 0.2) is 6.10 Å². The van der Waals surface area contributed by atoms with Crippen molar-refractivity contribution in [2.24, 2.45) is 0 Å². The molecular weight excluding hydrogens is 365 g/mol. The summed E-state index contributed by atoms with van der Waals surface area (Å²) < 4.78 is 10.5. The molecule has 0 spiro atoms. The van der Waals surface area contributed by atoms with E-state index in [4.69, 9.17) is 32.7 Å². The van der Waals surface area contributed by atoms with E-state index in [1.807, 2.05) is 0 Å². The lowest BCUT2D eigenvalue weighted by molar-refractivity contribution is -0.122. The maximum Gasteiger partial charge on any atom is 0.340 e. The van der Waals surface area contributed by atoms with Gasteiger partial charge >= 0.3 is 5.97 Å². The summed E-state index contributed by atoms with van der Waals surface area (Å²) in [6.07, 6.45) is -0.839. The number of benzene rings is 2. The van der Waals surface area contributed by atoms with Gasteiger partial charge in [-0.1, -0.05) is 35.3 Å². The van der Waals surface area contributed by atoms with Gasteiger partial charge in [0.25, 0.3) is 5.91 Å². The molecule has 0 aliphatic carbocycles. The quantitative estimate of drug-likeness (QED) is 0.743.